The van der Waals surface area contributed by atoms with Crippen molar-refractivity contribution in [3.05, 3.63) is 60.4 Å². The van der Waals surface area contributed by atoms with Gasteiger partial charge in [0.15, 0.2) is 0 Å². The van der Waals surface area contributed by atoms with E-state index in [1.54, 1.807) is 13.4 Å². The lowest BCUT2D eigenvalue weighted by molar-refractivity contribution is -0.120. The number of rotatable bonds is 7. The van der Waals surface area contributed by atoms with Crippen molar-refractivity contribution >= 4 is 16.9 Å². The average molecular weight is 325 g/mol. The van der Waals surface area contributed by atoms with Crippen LogP contribution in [0.1, 0.15) is 5.56 Å². The molecule has 0 saturated carbocycles. The molecule has 1 N–H and O–H groups in total. The fraction of sp³-hybridized carbons (Fsp3) is 0.211. The molecule has 0 aliphatic rings. The van der Waals surface area contributed by atoms with E-state index in [1.165, 1.54) is 0 Å². The second-order valence-electron chi connectivity index (χ2n) is 5.31. The van der Waals surface area contributed by atoms with E-state index in [-0.39, 0.29) is 12.3 Å². The Balaban J connectivity index is 1.50. The molecule has 0 radical (unpaired) electrons. The molecule has 3 aromatic rings. The highest BCUT2D eigenvalue weighted by atomic mass is 16.5. The van der Waals surface area contributed by atoms with Crippen LogP contribution >= 0.6 is 0 Å². The zero-order valence-electron chi connectivity index (χ0n) is 13.5. The van der Waals surface area contributed by atoms with Crippen LogP contribution in [-0.2, 0) is 11.2 Å². The van der Waals surface area contributed by atoms with Crippen molar-refractivity contribution in [2.75, 3.05) is 20.3 Å². The minimum atomic E-state index is -0.0646. The number of hydrogen-bond acceptors (Lipinski definition) is 4. The van der Waals surface area contributed by atoms with Crippen LogP contribution in [0.25, 0.3) is 11.0 Å². The number of amides is 1. The molecule has 5 nitrogen and oxygen atoms in total. The minimum absolute atomic E-state index is 0.0646. The van der Waals surface area contributed by atoms with Crippen LogP contribution in [0, 0.1) is 0 Å². The minimum Gasteiger partial charge on any atom is -0.497 e. The van der Waals surface area contributed by atoms with Crippen molar-refractivity contribution in [1.29, 1.82) is 0 Å². The second-order valence-corrected chi connectivity index (χ2v) is 5.31. The van der Waals surface area contributed by atoms with E-state index in [9.17, 15) is 4.79 Å². The summed E-state index contributed by atoms with van der Waals surface area (Å²) in [5.41, 5.74) is 1.57. The summed E-state index contributed by atoms with van der Waals surface area (Å²) >= 11 is 0. The largest absolute Gasteiger partial charge is 0.497 e. The predicted octanol–water partition coefficient (Wildman–Crippen LogP) is 3.18. The highest BCUT2D eigenvalue weighted by Gasteiger charge is 2.11. The summed E-state index contributed by atoms with van der Waals surface area (Å²) in [7, 11) is 1.61. The number of nitrogens with one attached hydrogen (secondary N) is 1. The molecule has 0 spiro atoms. The van der Waals surface area contributed by atoms with Crippen LogP contribution in [0.15, 0.2) is 59.2 Å². The van der Waals surface area contributed by atoms with E-state index in [4.69, 9.17) is 13.9 Å². The van der Waals surface area contributed by atoms with Crippen LogP contribution in [0.4, 0.5) is 0 Å². The highest BCUT2D eigenvalue weighted by Crippen LogP contribution is 2.25. The molecule has 124 valence electrons. The first-order chi connectivity index (χ1) is 11.8. The Kier molecular flexibility index (Phi) is 5.01. The fourth-order valence-electron chi connectivity index (χ4n) is 2.44. The molecule has 1 heterocycles. The second kappa shape index (κ2) is 7.55. The lowest BCUT2D eigenvalue weighted by atomic mass is 10.1. The third-order valence-corrected chi connectivity index (χ3v) is 3.65. The topological polar surface area (TPSA) is 60.7 Å². The molecule has 0 saturated heterocycles. The number of methoxy groups -OCH3 is 1. The van der Waals surface area contributed by atoms with Gasteiger partial charge in [0, 0.05) is 17.0 Å². The summed E-state index contributed by atoms with van der Waals surface area (Å²) in [6, 6.07) is 15.1. The molecule has 1 amide bonds. The van der Waals surface area contributed by atoms with Gasteiger partial charge in [0.05, 0.1) is 26.3 Å². The van der Waals surface area contributed by atoms with Gasteiger partial charge in [0.1, 0.15) is 23.7 Å². The van der Waals surface area contributed by atoms with Crippen LogP contribution in [0.3, 0.4) is 0 Å². The van der Waals surface area contributed by atoms with Crippen molar-refractivity contribution in [2.24, 2.45) is 0 Å². The smallest absolute Gasteiger partial charge is 0.224 e. The SMILES string of the molecule is COc1ccc2c(CC(=O)NCCOc3ccccc3)coc2c1. The molecule has 0 bridgehead atoms. The average Bonchev–Trinajstić information content (AvgIpc) is 3.01. The van der Waals surface area contributed by atoms with Crippen LogP contribution in [0.2, 0.25) is 0 Å². The first-order valence-corrected chi connectivity index (χ1v) is 7.75. The molecule has 5 heteroatoms. The van der Waals surface area contributed by atoms with E-state index in [0.717, 1.165) is 22.4 Å². The van der Waals surface area contributed by atoms with Crippen LogP contribution in [-0.4, -0.2) is 26.2 Å². The quantitative estimate of drug-likeness (QED) is 0.678. The molecular formula is C19H19NO4. The van der Waals surface area contributed by atoms with Crippen molar-refractivity contribution in [3.63, 3.8) is 0 Å². The van der Waals surface area contributed by atoms with Gasteiger partial charge in [0.2, 0.25) is 5.91 Å². The number of ether oxygens (including phenoxy) is 2. The third-order valence-electron chi connectivity index (χ3n) is 3.65. The first kappa shape index (κ1) is 15.9. The van der Waals surface area contributed by atoms with Gasteiger partial charge in [-0.15, -0.1) is 0 Å². The van der Waals surface area contributed by atoms with E-state index < -0.39 is 0 Å². The summed E-state index contributed by atoms with van der Waals surface area (Å²) in [5, 5.41) is 3.77. The van der Waals surface area contributed by atoms with Gasteiger partial charge >= 0.3 is 0 Å². The van der Waals surface area contributed by atoms with E-state index in [2.05, 4.69) is 5.32 Å². The maximum atomic E-state index is 12.1. The summed E-state index contributed by atoms with van der Waals surface area (Å²) in [6.07, 6.45) is 1.88. The Labute approximate surface area is 140 Å². The molecule has 1 aromatic heterocycles. The Morgan fingerprint density at radius 2 is 1.96 bits per heavy atom. The molecule has 0 unspecified atom stereocenters. The van der Waals surface area contributed by atoms with Gasteiger partial charge in [-0.05, 0) is 24.3 Å². The number of carbonyl (C=O) groups is 1. The van der Waals surface area contributed by atoms with Crippen molar-refractivity contribution in [1.82, 2.24) is 5.32 Å². The van der Waals surface area contributed by atoms with Gasteiger partial charge in [-0.2, -0.15) is 0 Å². The first-order valence-electron chi connectivity index (χ1n) is 7.75. The molecular weight excluding hydrogens is 306 g/mol. The van der Waals surface area contributed by atoms with Gasteiger partial charge in [-0.25, -0.2) is 0 Å². The maximum Gasteiger partial charge on any atom is 0.224 e. The molecule has 2 aromatic carbocycles. The molecule has 0 aliphatic carbocycles. The Morgan fingerprint density at radius 3 is 2.75 bits per heavy atom. The van der Waals surface area contributed by atoms with Crippen LogP contribution < -0.4 is 14.8 Å². The summed E-state index contributed by atoms with van der Waals surface area (Å²) in [6.45, 7) is 0.885. The fourth-order valence-corrected chi connectivity index (χ4v) is 2.44. The maximum absolute atomic E-state index is 12.1. The summed E-state index contributed by atoms with van der Waals surface area (Å²) in [5.74, 6) is 1.46. The molecule has 3 rings (SSSR count). The zero-order valence-corrected chi connectivity index (χ0v) is 13.5. The standard InChI is InChI=1S/C19H19NO4/c1-22-16-7-8-17-14(13-24-18(17)12-16)11-19(21)20-9-10-23-15-5-3-2-4-6-15/h2-8,12-13H,9-11H2,1H3,(H,20,21). The van der Waals surface area contributed by atoms with Crippen LogP contribution in [0.5, 0.6) is 11.5 Å². The molecule has 24 heavy (non-hydrogen) atoms. The highest BCUT2D eigenvalue weighted by molar-refractivity contribution is 5.88. The molecule has 0 fully saturated rings. The Morgan fingerprint density at radius 1 is 1.12 bits per heavy atom. The Hall–Kier alpha value is -2.95. The van der Waals surface area contributed by atoms with Crippen molar-refractivity contribution in [2.45, 2.75) is 6.42 Å². The number of para-hydroxylation sites is 1. The predicted molar refractivity (Wildman–Crippen MR) is 91.4 cm³/mol. The number of benzene rings is 2. The van der Waals surface area contributed by atoms with Gasteiger partial charge in [0.25, 0.3) is 0 Å². The van der Waals surface area contributed by atoms with Gasteiger partial charge in [-0.3, -0.25) is 4.79 Å². The van der Waals surface area contributed by atoms with Gasteiger partial charge < -0.3 is 19.2 Å². The normalized spacial score (nSPS) is 10.5. The zero-order chi connectivity index (χ0) is 16.8. The van der Waals surface area contributed by atoms with Crippen molar-refractivity contribution in [3.8, 4) is 11.5 Å². The van der Waals surface area contributed by atoms with E-state index in [0.29, 0.717) is 18.7 Å². The summed E-state index contributed by atoms with van der Waals surface area (Å²) in [4.78, 5) is 12.1. The summed E-state index contributed by atoms with van der Waals surface area (Å²) < 4.78 is 16.2. The van der Waals surface area contributed by atoms with E-state index >= 15 is 0 Å². The lowest BCUT2D eigenvalue weighted by Gasteiger charge is -2.07. The number of carbonyl (C=O) groups excluding carboxylic acids is 1. The molecule has 0 aliphatic heterocycles. The molecule has 0 atom stereocenters. The lowest BCUT2D eigenvalue weighted by Crippen LogP contribution is -2.29. The number of hydrogen-bond donors (Lipinski definition) is 1. The monoisotopic (exact) mass is 325 g/mol. The third kappa shape index (κ3) is 3.87. The van der Waals surface area contributed by atoms with Gasteiger partial charge in [-0.1, -0.05) is 18.2 Å². The number of furan rings is 1. The number of fused-ring (bicyclic) bond motifs is 1. The van der Waals surface area contributed by atoms with Crippen molar-refractivity contribution < 1.29 is 18.7 Å². The van der Waals surface area contributed by atoms with E-state index in [1.807, 2.05) is 48.5 Å². The Bertz CT molecular complexity index is 811.